The molecule has 0 saturated carbocycles. The van der Waals surface area contributed by atoms with E-state index in [9.17, 15) is 8.42 Å². The number of guanidine groups is 1. The normalized spacial score (nSPS) is 29.6. The molecular weight excluding hydrogens is 278 g/mol. The maximum atomic E-state index is 11.4. The van der Waals surface area contributed by atoms with Crippen molar-refractivity contribution in [1.29, 1.82) is 0 Å². The molecule has 0 bridgehead atoms. The Kier molecular flexibility index (Phi) is 5.65. The fourth-order valence-electron chi connectivity index (χ4n) is 2.59. The van der Waals surface area contributed by atoms with Crippen LogP contribution in [-0.2, 0) is 14.6 Å². The monoisotopic (exact) mass is 303 g/mol. The molecule has 2 atom stereocenters. The van der Waals surface area contributed by atoms with Gasteiger partial charge >= 0.3 is 0 Å². The molecule has 2 aliphatic rings. The molecule has 0 radical (unpaired) electrons. The van der Waals surface area contributed by atoms with E-state index < -0.39 is 9.84 Å². The zero-order chi connectivity index (χ0) is 14.4. The Morgan fingerprint density at radius 2 is 2.20 bits per heavy atom. The van der Waals surface area contributed by atoms with E-state index in [0.717, 1.165) is 44.9 Å². The number of rotatable bonds is 5. The van der Waals surface area contributed by atoms with Gasteiger partial charge in [-0.1, -0.05) is 0 Å². The van der Waals surface area contributed by atoms with Crippen molar-refractivity contribution in [3.8, 4) is 0 Å². The molecule has 2 fully saturated rings. The summed E-state index contributed by atoms with van der Waals surface area (Å²) in [6.07, 6.45) is 3.22. The number of aliphatic imine (C=N–C) groups is 1. The molecule has 0 aliphatic carbocycles. The number of hydrogen-bond acceptors (Lipinski definition) is 4. The standard InChI is InChI=1S/C13H25N3O3S/c1-2-14-13(16-9-12-4-3-6-19-12)15-8-11-5-7-20(17,18)10-11/h11-12H,2-10H2,1H3,(H2,14,15,16). The van der Waals surface area contributed by atoms with Gasteiger partial charge in [-0.2, -0.15) is 0 Å². The molecule has 20 heavy (non-hydrogen) atoms. The lowest BCUT2D eigenvalue weighted by atomic mass is 10.1. The van der Waals surface area contributed by atoms with Crippen LogP contribution in [0, 0.1) is 5.92 Å². The van der Waals surface area contributed by atoms with Gasteiger partial charge < -0.3 is 15.4 Å². The number of nitrogens with one attached hydrogen (secondary N) is 2. The second-order valence-electron chi connectivity index (χ2n) is 5.50. The molecule has 2 N–H and O–H groups in total. The average Bonchev–Trinajstić information content (AvgIpc) is 3.02. The molecule has 2 unspecified atom stereocenters. The van der Waals surface area contributed by atoms with Crippen molar-refractivity contribution >= 4 is 15.8 Å². The summed E-state index contributed by atoms with van der Waals surface area (Å²) in [7, 11) is -2.81. The Morgan fingerprint density at radius 3 is 2.80 bits per heavy atom. The van der Waals surface area contributed by atoms with Crippen LogP contribution in [0.3, 0.4) is 0 Å². The lowest BCUT2D eigenvalue weighted by molar-refractivity contribution is 0.114. The first-order valence-electron chi connectivity index (χ1n) is 7.43. The highest BCUT2D eigenvalue weighted by Gasteiger charge is 2.27. The van der Waals surface area contributed by atoms with Gasteiger partial charge in [0, 0.05) is 26.2 Å². The van der Waals surface area contributed by atoms with Crippen LogP contribution in [-0.4, -0.2) is 58.2 Å². The number of sulfone groups is 1. The summed E-state index contributed by atoms with van der Waals surface area (Å²) in [6.45, 7) is 4.98. The van der Waals surface area contributed by atoms with Crippen molar-refractivity contribution in [3.63, 3.8) is 0 Å². The van der Waals surface area contributed by atoms with Crippen LogP contribution >= 0.6 is 0 Å². The predicted molar refractivity (Wildman–Crippen MR) is 79.7 cm³/mol. The molecule has 0 aromatic rings. The third-order valence-electron chi connectivity index (χ3n) is 3.70. The van der Waals surface area contributed by atoms with E-state index >= 15 is 0 Å². The Hall–Kier alpha value is -0.820. The van der Waals surface area contributed by atoms with E-state index in [0.29, 0.717) is 12.3 Å². The molecule has 0 amide bonds. The molecular formula is C13H25N3O3S. The number of hydrogen-bond donors (Lipinski definition) is 2. The SMILES string of the molecule is CCNC(=NCC1CCS(=O)(=O)C1)NCC1CCCO1. The van der Waals surface area contributed by atoms with E-state index in [-0.39, 0.29) is 17.8 Å². The summed E-state index contributed by atoms with van der Waals surface area (Å²) in [6, 6.07) is 0. The van der Waals surface area contributed by atoms with Gasteiger partial charge in [0.05, 0.1) is 17.6 Å². The topological polar surface area (TPSA) is 79.8 Å². The lowest BCUT2D eigenvalue weighted by Gasteiger charge is -2.15. The second kappa shape index (κ2) is 7.26. The first-order valence-corrected chi connectivity index (χ1v) is 9.25. The number of ether oxygens (including phenoxy) is 1. The number of nitrogens with zero attached hydrogens (tertiary/aromatic N) is 1. The highest BCUT2D eigenvalue weighted by molar-refractivity contribution is 7.91. The molecule has 6 nitrogen and oxygen atoms in total. The fourth-order valence-corrected chi connectivity index (χ4v) is 4.44. The summed E-state index contributed by atoms with van der Waals surface area (Å²) in [4.78, 5) is 4.50. The van der Waals surface area contributed by atoms with Crippen molar-refractivity contribution < 1.29 is 13.2 Å². The van der Waals surface area contributed by atoms with Gasteiger partial charge in [-0.05, 0) is 32.1 Å². The second-order valence-corrected chi connectivity index (χ2v) is 7.73. The highest BCUT2D eigenvalue weighted by Crippen LogP contribution is 2.18. The zero-order valence-electron chi connectivity index (χ0n) is 12.1. The van der Waals surface area contributed by atoms with Crippen molar-refractivity contribution in [1.82, 2.24) is 10.6 Å². The van der Waals surface area contributed by atoms with Gasteiger partial charge in [-0.15, -0.1) is 0 Å². The van der Waals surface area contributed by atoms with Crippen molar-refractivity contribution in [2.45, 2.75) is 32.3 Å². The quantitative estimate of drug-likeness (QED) is 0.558. The predicted octanol–water partition coefficient (Wildman–Crippen LogP) is 0.155. The maximum Gasteiger partial charge on any atom is 0.191 e. The van der Waals surface area contributed by atoms with E-state index in [1.165, 1.54) is 0 Å². The minimum Gasteiger partial charge on any atom is -0.376 e. The minimum atomic E-state index is -2.81. The van der Waals surface area contributed by atoms with Crippen molar-refractivity contribution in [2.24, 2.45) is 10.9 Å². The largest absolute Gasteiger partial charge is 0.376 e. The molecule has 7 heteroatoms. The Balaban J connectivity index is 1.79. The van der Waals surface area contributed by atoms with Gasteiger partial charge in [0.25, 0.3) is 0 Å². The third kappa shape index (κ3) is 4.94. The maximum absolute atomic E-state index is 11.4. The third-order valence-corrected chi connectivity index (χ3v) is 5.54. The summed E-state index contributed by atoms with van der Waals surface area (Å²) >= 11 is 0. The smallest absolute Gasteiger partial charge is 0.191 e. The van der Waals surface area contributed by atoms with Crippen LogP contribution in [0.1, 0.15) is 26.2 Å². The van der Waals surface area contributed by atoms with Crippen LogP contribution in [0.5, 0.6) is 0 Å². The van der Waals surface area contributed by atoms with Crippen molar-refractivity contribution in [2.75, 3.05) is 37.7 Å². The summed E-state index contributed by atoms with van der Waals surface area (Å²) in [5, 5.41) is 6.46. The first kappa shape index (κ1) is 15.6. The lowest BCUT2D eigenvalue weighted by Crippen LogP contribution is -2.41. The van der Waals surface area contributed by atoms with Crippen LogP contribution in [0.4, 0.5) is 0 Å². The molecule has 0 spiro atoms. The molecule has 0 aromatic heterocycles. The van der Waals surface area contributed by atoms with E-state index in [2.05, 4.69) is 15.6 Å². The van der Waals surface area contributed by atoms with Gasteiger partial charge in [0.15, 0.2) is 15.8 Å². The van der Waals surface area contributed by atoms with Gasteiger partial charge in [0.1, 0.15) is 0 Å². The molecule has 2 heterocycles. The molecule has 2 rings (SSSR count). The zero-order valence-corrected chi connectivity index (χ0v) is 12.9. The van der Waals surface area contributed by atoms with E-state index in [1.807, 2.05) is 6.92 Å². The molecule has 116 valence electrons. The highest BCUT2D eigenvalue weighted by atomic mass is 32.2. The van der Waals surface area contributed by atoms with Crippen LogP contribution < -0.4 is 10.6 Å². The van der Waals surface area contributed by atoms with Crippen LogP contribution in [0.15, 0.2) is 4.99 Å². The summed E-state index contributed by atoms with van der Waals surface area (Å²) in [5.74, 6) is 1.51. The Bertz CT molecular complexity index is 430. The summed E-state index contributed by atoms with van der Waals surface area (Å²) in [5.41, 5.74) is 0. The molecule has 0 aromatic carbocycles. The fraction of sp³-hybridized carbons (Fsp3) is 0.923. The van der Waals surface area contributed by atoms with Crippen molar-refractivity contribution in [3.05, 3.63) is 0 Å². The minimum absolute atomic E-state index is 0.165. The van der Waals surface area contributed by atoms with Gasteiger partial charge in [0.2, 0.25) is 0 Å². The summed E-state index contributed by atoms with van der Waals surface area (Å²) < 4.78 is 28.4. The molecule has 2 saturated heterocycles. The Morgan fingerprint density at radius 1 is 1.35 bits per heavy atom. The van der Waals surface area contributed by atoms with E-state index in [4.69, 9.17) is 4.74 Å². The molecule has 2 aliphatic heterocycles. The van der Waals surface area contributed by atoms with Gasteiger partial charge in [-0.25, -0.2) is 8.42 Å². The van der Waals surface area contributed by atoms with Crippen LogP contribution in [0.2, 0.25) is 0 Å². The Labute approximate surface area is 121 Å². The van der Waals surface area contributed by atoms with E-state index in [1.54, 1.807) is 0 Å². The van der Waals surface area contributed by atoms with Gasteiger partial charge in [-0.3, -0.25) is 4.99 Å². The van der Waals surface area contributed by atoms with Crippen LogP contribution in [0.25, 0.3) is 0 Å². The average molecular weight is 303 g/mol. The first-order chi connectivity index (χ1) is 9.59.